The summed E-state index contributed by atoms with van der Waals surface area (Å²) in [6.45, 7) is 5.17. The van der Waals surface area contributed by atoms with E-state index >= 15 is 0 Å². The number of pyridine rings is 1. The quantitative estimate of drug-likeness (QED) is 0.651. The van der Waals surface area contributed by atoms with E-state index in [1.165, 1.54) is 34.8 Å². The van der Waals surface area contributed by atoms with Gasteiger partial charge in [-0.3, -0.25) is 19.3 Å². The number of halogens is 3. The zero-order chi connectivity index (χ0) is 23.2. The first-order valence-corrected chi connectivity index (χ1v) is 9.87. The number of carbonyl (C=O) groups excluding carboxylic acids is 2. The number of alkyl halides is 3. The van der Waals surface area contributed by atoms with Crippen LogP contribution in [0.4, 0.5) is 24.5 Å². The molecule has 166 valence electrons. The van der Waals surface area contributed by atoms with Gasteiger partial charge >= 0.3 is 6.18 Å². The summed E-state index contributed by atoms with van der Waals surface area (Å²) in [4.78, 5) is 31.6. The van der Waals surface area contributed by atoms with Gasteiger partial charge in [-0.25, -0.2) is 0 Å². The van der Waals surface area contributed by atoms with Crippen LogP contribution in [0.15, 0.2) is 42.7 Å². The smallest absolute Gasteiger partial charge is 0.322 e. The van der Waals surface area contributed by atoms with E-state index in [9.17, 15) is 22.8 Å². The third-order valence-corrected chi connectivity index (χ3v) is 5.33. The van der Waals surface area contributed by atoms with Gasteiger partial charge in [0.05, 0.1) is 23.4 Å². The molecule has 2 aromatic heterocycles. The van der Waals surface area contributed by atoms with E-state index in [0.29, 0.717) is 17.1 Å². The van der Waals surface area contributed by atoms with Crippen molar-refractivity contribution in [2.45, 2.75) is 33.0 Å². The van der Waals surface area contributed by atoms with Crippen molar-refractivity contribution in [3.05, 3.63) is 70.8 Å². The maximum absolute atomic E-state index is 13.3. The number of fused-ring (bicyclic) bond motifs is 1. The van der Waals surface area contributed by atoms with E-state index in [-0.39, 0.29) is 29.4 Å². The number of nitrogens with zero attached hydrogens (tertiary/aromatic N) is 4. The Bertz CT molecular complexity index is 1220. The van der Waals surface area contributed by atoms with Gasteiger partial charge in [-0.05, 0) is 56.7 Å². The number of amides is 2. The Morgan fingerprint density at radius 3 is 2.59 bits per heavy atom. The summed E-state index contributed by atoms with van der Waals surface area (Å²) < 4.78 is 40.8. The van der Waals surface area contributed by atoms with Crippen molar-refractivity contribution in [1.29, 1.82) is 0 Å². The molecule has 1 aliphatic heterocycles. The van der Waals surface area contributed by atoms with E-state index in [2.05, 4.69) is 15.4 Å². The SMILES string of the molecule is Cc1cc(NC(=O)c2cnn3c2C(=O)N(c2ccc(C(F)(F)F)c(C)c2)C[C@@H]3C)ccn1. The molecule has 0 aliphatic carbocycles. The fourth-order valence-electron chi connectivity index (χ4n) is 3.81. The first-order chi connectivity index (χ1) is 15.1. The van der Waals surface area contributed by atoms with Crippen LogP contribution >= 0.6 is 0 Å². The molecule has 1 aliphatic rings. The van der Waals surface area contributed by atoms with E-state index in [1.807, 2.05) is 6.92 Å². The number of hydrogen-bond donors (Lipinski definition) is 1. The van der Waals surface area contributed by atoms with Crippen LogP contribution in [-0.2, 0) is 6.18 Å². The van der Waals surface area contributed by atoms with Crippen molar-refractivity contribution in [2.75, 3.05) is 16.8 Å². The standard InChI is InChI=1S/C22H20F3N5O2/c1-12-8-16(4-5-18(12)22(23,24)25)29-11-14(3)30-19(21(29)32)17(10-27-30)20(31)28-15-6-7-26-13(2)9-15/h4-10,14H,11H2,1-3H3,(H,26,28,31)/t14-/m0/s1. The fourth-order valence-corrected chi connectivity index (χ4v) is 3.81. The van der Waals surface area contributed by atoms with Gasteiger partial charge in [-0.15, -0.1) is 0 Å². The molecule has 7 nitrogen and oxygen atoms in total. The zero-order valence-corrected chi connectivity index (χ0v) is 17.6. The average Bonchev–Trinajstić information content (AvgIpc) is 3.16. The van der Waals surface area contributed by atoms with Gasteiger partial charge in [0.1, 0.15) is 5.69 Å². The Kier molecular flexibility index (Phi) is 5.23. The molecule has 1 atom stereocenters. The topological polar surface area (TPSA) is 80.1 Å². The molecule has 10 heteroatoms. The normalized spacial score (nSPS) is 16.1. The fraction of sp³-hybridized carbons (Fsp3) is 0.273. The lowest BCUT2D eigenvalue weighted by Gasteiger charge is -2.32. The molecular weight excluding hydrogens is 423 g/mol. The predicted molar refractivity (Wildman–Crippen MR) is 112 cm³/mol. The largest absolute Gasteiger partial charge is 0.416 e. The molecular formula is C22H20F3N5O2. The molecule has 0 saturated heterocycles. The second-order valence-corrected chi connectivity index (χ2v) is 7.75. The summed E-state index contributed by atoms with van der Waals surface area (Å²) in [6.07, 6.45) is -1.59. The molecule has 0 radical (unpaired) electrons. The number of aromatic nitrogens is 3. The lowest BCUT2D eigenvalue weighted by atomic mass is 10.0. The van der Waals surface area contributed by atoms with Crippen molar-refractivity contribution in [3.8, 4) is 0 Å². The molecule has 2 amide bonds. The van der Waals surface area contributed by atoms with Gasteiger partial charge in [0.2, 0.25) is 0 Å². The summed E-state index contributed by atoms with van der Waals surface area (Å²) >= 11 is 0. The van der Waals surface area contributed by atoms with Gasteiger partial charge in [-0.2, -0.15) is 18.3 Å². The molecule has 0 fully saturated rings. The highest BCUT2D eigenvalue weighted by molar-refractivity contribution is 6.15. The summed E-state index contributed by atoms with van der Waals surface area (Å²) in [5, 5.41) is 6.94. The van der Waals surface area contributed by atoms with E-state index in [4.69, 9.17) is 0 Å². The van der Waals surface area contributed by atoms with Crippen molar-refractivity contribution in [3.63, 3.8) is 0 Å². The number of nitrogens with one attached hydrogen (secondary N) is 1. The minimum Gasteiger partial charge on any atom is -0.322 e. The number of anilines is 2. The van der Waals surface area contributed by atoms with E-state index in [1.54, 1.807) is 25.3 Å². The molecule has 1 N–H and O–H groups in total. The number of carbonyl (C=O) groups is 2. The minimum atomic E-state index is -4.48. The zero-order valence-electron chi connectivity index (χ0n) is 17.6. The summed E-state index contributed by atoms with van der Waals surface area (Å²) in [6, 6.07) is 6.60. The van der Waals surface area contributed by atoms with Gasteiger partial charge < -0.3 is 10.2 Å². The molecule has 3 heterocycles. The Morgan fingerprint density at radius 2 is 1.94 bits per heavy atom. The summed E-state index contributed by atoms with van der Waals surface area (Å²) in [5.41, 5.74) is 1.00. The molecule has 1 aromatic carbocycles. The third-order valence-electron chi connectivity index (χ3n) is 5.33. The minimum absolute atomic E-state index is 0.0144. The molecule has 4 rings (SSSR count). The van der Waals surface area contributed by atoms with Crippen molar-refractivity contribution in [2.24, 2.45) is 0 Å². The van der Waals surface area contributed by atoms with Crippen LogP contribution in [0.1, 0.15) is 50.6 Å². The highest BCUT2D eigenvalue weighted by atomic mass is 19.4. The molecule has 32 heavy (non-hydrogen) atoms. The highest BCUT2D eigenvalue weighted by Crippen LogP contribution is 2.35. The maximum Gasteiger partial charge on any atom is 0.416 e. The van der Waals surface area contributed by atoms with Crippen molar-refractivity contribution in [1.82, 2.24) is 14.8 Å². The lowest BCUT2D eigenvalue weighted by molar-refractivity contribution is -0.138. The molecule has 0 spiro atoms. The number of aryl methyl sites for hydroxylation is 2. The van der Waals surface area contributed by atoms with Gasteiger partial charge in [-0.1, -0.05) is 0 Å². The highest BCUT2D eigenvalue weighted by Gasteiger charge is 2.37. The van der Waals surface area contributed by atoms with Crippen LogP contribution < -0.4 is 10.2 Å². The van der Waals surface area contributed by atoms with Gasteiger partial charge in [0.15, 0.2) is 0 Å². The van der Waals surface area contributed by atoms with Crippen LogP contribution in [0.2, 0.25) is 0 Å². The number of hydrogen-bond acceptors (Lipinski definition) is 4. The molecule has 0 saturated carbocycles. The maximum atomic E-state index is 13.3. The number of rotatable bonds is 3. The second-order valence-electron chi connectivity index (χ2n) is 7.75. The number of benzene rings is 1. The lowest BCUT2D eigenvalue weighted by Crippen LogP contribution is -2.43. The van der Waals surface area contributed by atoms with Gasteiger partial charge in [0, 0.05) is 29.8 Å². The van der Waals surface area contributed by atoms with Crippen molar-refractivity contribution < 1.29 is 22.8 Å². The predicted octanol–water partition coefficient (Wildman–Crippen LogP) is 4.39. The van der Waals surface area contributed by atoms with Crippen LogP contribution in [0.3, 0.4) is 0 Å². The van der Waals surface area contributed by atoms with E-state index in [0.717, 1.165) is 6.07 Å². The van der Waals surface area contributed by atoms with Crippen LogP contribution in [0.25, 0.3) is 0 Å². The first-order valence-electron chi connectivity index (χ1n) is 9.87. The van der Waals surface area contributed by atoms with Gasteiger partial charge in [0.25, 0.3) is 11.8 Å². The summed E-state index contributed by atoms with van der Waals surface area (Å²) in [7, 11) is 0. The van der Waals surface area contributed by atoms with Crippen LogP contribution in [0.5, 0.6) is 0 Å². The average molecular weight is 443 g/mol. The van der Waals surface area contributed by atoms with Crippen LogP contribution in [0, 0.1) is 13.8 Å². The van der Waals surface area contributed by atoms with Crippen LogP contribution in [-0.4, -0.2) is 33.1 Å². The summed E-state index contributed by atoms with van der Waals surface area (Å²) in [5.74, 6) is -1.02. The Hall–Kier alpha value is -3.69. The monoisotopic (exact) mass is 443 g/mol. The molecule has 3 aromatic rings. The third kappa shape index (κ3) is 3.83. The Labute approximate surface area is 181 Å². The molecule has 0 unspecified atom stereocenters. The Balaban J connectivity index is 1.67. The second kappa shape index (κ2) is 7.77. The Morgan fingerprint density at radius 1 is 1.19 bits per heavy atom. The van der Waals surface area contributed by atoms with Crippen molar-refractivity contribution >= 4 is 23.2 Å². The first kappa shape index (κ1) is 21.5. The molecule has 0 bridgehead atoms. The van der Waals surface area contributed by atoms with E-state index < -0.39 is 23.6 Å².